The zero-order chi connectivity index (χ0) is 31.1. The number of benzene rings is 2. The van der Waals surface area contributed by atoms with Crippen LogP contribution in [0.5, 0.6) is 11.5 Å². The highest BCUT2D eigenvalue weighted by Crippen LogP contribution is 2.27. The molecule has 0 aliphatic heterocycles. The second-order valence-corrected chi connectivity index (χ2v) is 9.05. The number of hydrogen-bond donors (Lipinski definition) is 3. The molecule has 2 rings (SSSR count). The van der Waals surface area contributed by atoms with Crippen molar-refractivity contribution in [1.29, 1.82) is 0 Å². The number of carbonyl (C=O) groups excluding carboxylic acids is 4. The normalized spacial score (nSPS) is 13.9. The zero-order valence-corrected chi connectivity index (χ0v) is 22.1. The third-order valence-electron chi connectivity index (χ3n) is 5.62. The van der Waals surface area contributed by atoms with Crippen LogP contribution in [0, 0.1) is 5.92 Å². The van der Waals surface area contributed by atoms with Crippen LogP contribution in [0.25, 0.3) is 0 Å². The highest BCUT2D eigenvalue weighted by atomic mass is 19.4. The highest BCUT2D eigenvalue weighted by molar-refractivity contribution is 6.00. The summed E-state index contributed by atoms with van der Waals surface area (Å²) < 4.78 is 86.4. The first-order chi connectivity index (χ1) is 18.9. The number of methoxy groups -OCH3 is 1. The Balaban J connectivity index is 2.30. The summed E-state index contributed by atoms with van der Waals surface area (Å²) >= 11 is 0. The molecule has 0 saturated carbocycles. The summed E-state index contributed by atoms with van der Waals surface area (Å²) in [4.78, 5) is 50.6. The highest BCUT2D eigenvalue weighted by Gasteiger charge is 2.45. The van der Waals surface area contributed by atoms with E-state index in [1.54, 1.807) is 0 Å². The first-order valence-electron chi connectivity index (χ1n) is 12.0. The summed E-state index contributed by atoms with van der Waals surface area (Å²) in [5.74, 6) is -6.94. The van der Waals surface area contributed by atoms with E-state index in [9.17, 15) is 45.5 Å². The van der Waals surface area contributed by atoms with Gasteiger partial charge in [-0.15, -0.1) is 13.2 Å². The van der Waals surface area contributed by atoms with Crippen LogP contribution in [0.3, 0.4) is 0 Å². The molecular weight excluding hydrogens is 564 g/mol. The van der Waals surface area contributed by atoms with Gasteiger partial charge in [-0.3, -0.25) is 19.2 Å². The summed E-state index contributed by atoms with van der Waals surface area (Å²) in [6, 6.07) is 4.81. The molecule has 0 fully saturated rings. The monoisotopic (exact) mass is 591 g/mol. The van der Waals surface area contributed by atoms with Crippen LogP contribution in [0.2, 0.25) is 0 Å². The number of halogens is 6. The number of carbonyl (C=O) groups is 4. The van der Waals surface area contributed by atoms with Gasteiger partial charge in [0.15, 0.2) is 0 Å². The first kappa shape index (κ1) is 32.9. The average molecular weight is 592 g/mol. The molecule has 0 spiro atoms. The lowest BCUT2D eigenvalue weighted by Gasteiger charge is -2.26. The number of para-hydroxylation sites is 1. The minimum Gasteiger partial charge on any atom is -0.497 e. The number of alkyl halides is 6. The molecule has 0 aliphatic rings. The minimum absolute atomic E-state index is 0.0843. The maximum absolute atomic E-state index is 13.1. The molecule has 3 amide bonds. The molecule has 0 aromatic heterocycles. The molecule has 0 radical (unpaired) electrons. The van der Waals surface area contributed by atoms with Gasteiger partial charge in [-0.05, 0) is 42.7 Å². The molecule has 1 unspecified atom stereocenters. The standard InChI is InChI=1S/C26H27F6N3O6/c1-13(2)19(21(36)25(27,28)29)34-24(39)20(15-9-11-16(40-4)12-10-15)35-22(37)14(3)33-23(38)17-7-5-6-8-18(17)41-26(30,31)32/h5-14,19-20H,1-4H3,(H,33,38)(H,34,39)(H,35,37)/t14-,19-,20?/m0/s1. The zero-order valence-electron chi connectivity index (χ0n) is 22.1. The molecule has 41 heavy (non-hydrogen) atoms. The topological polar surface area (TPSA) is 123 Å². The maximum Gasteiger partial charge on any atom is 0.573 e. The van der Waals surface area contributed by atoms with Gasteiger partial charge in [-0.2, -0.15) is 13.2 Å². The Morgan fingerprint density at radius 3 is 1.88 bits per heavy atom. The van der Waals surface area contributed by atoms with Crippen LogP contribution in [0.4, 0.5) is 26.3 Å². The molecule has 224 valence electrons. The van der Waals surface area contributed by atoms with Gasteiger partial charge >= 0.3 is 12.5 Å². The lowest BCUT2D eigenvalue weighted by atomic mass is 9.97. The molecule has 0 saturated heterocycles. The van der Waals surface area contributed by atoms with E-state index in [-0.39, 0.29) is 5.56 Å². The molecule has 0 heterocycles. The second-order valence-electron chi connectivity index (χ2n) is 9.05. The lowest BCUT2D eigenvalue weighted by Crippen LogP contribution is -2.54. The van der Waals surface area contributed by atoms with Crippen molar-refractivity contribution in [3.8, 4) is 11.5 Å². The Hall–Kier alpha value is -4.30. The fourth-order valence-corrected chi connectivity index (χ4v) is 3.52. The van der Waals surface area contributed by atoms with Crippen molar-refractivity contribution < 1.29 is 55.0 Å². The molecule has 2 aromatic rings. The summed E-state index contributed by atoms with van der Waals surface area (Å²) in [6.07, 6.45) is -10.3. The van der Waals surface area contributed by atoms with Crippen LogP contribution in [0.15, 0.2) is 48.5 Å². The van der Waals surface area contributed by atoms with E-state index >= 15 is 0 Å². The van der Waals surface area contributed by atoms with E-state index in [2.05, 4.69) is 15.4 Å². The van der Waals surface area contributed by atoms with E-state index in [0.29, 0.717) is 5.75 Å². The van der Waals surface area contributed by atoms with Crippen LogP contribution in [0.1, 0.15) is 42.7 Å². The fourth-order valence-electron chi connectivity index (χ4n) is 3.52. The number of Topliss-reactive ketones (excluding diaryl/α,β-unsaturated/α-hetero) is 1. The van der Waals surface area contributed by atoms with Gasteiger partial charge in [-0.1, -0.05) is 38.1 Å². The molecule has 15 heteroatoms. The van der Waals surface area contributed by atoms with Crippen molar-refractivity contribution in [2.24, 2.45) is 5.92 Å². The molecule has 0 bridgehead atoms. The van der Waals surface area contributed by atoms with E-state index < -0.39 is 71.4 Å². The predicted octanol–water partition coefficient (Wildman–Crippen LogP) is 3.84. The Labute approximate surface area is 230 Å². The quantitative estimate of drug-likeness (QED) is 0.342. The third-order valence-corrected chi connectivity index (χ3v) is 5.62. The number of hydrogen-bond acceptors (Lipinski definition) is 6. The number of nitrogens with one attached hydrogen (secondary N) is 3. The molecule has 9 nitrogen and oxygen atoms in total. The largest absolute Gasteiger partial charge is 0.573 e. The molecule has 0 aliphatic carbocycles. The van der Waals surface area contributed by atoms with Gasteiger partial charge in [0, 0.05) is 0 Å². The van der Waals surface area contributed by atoms with Crippen LogP contribution >= 0.6 is 0 Å². The van der Waals surface area contributed by atoms with Crippen molar-refractivity contribution in [3.63, 3.8) is 0 Å². The number of amides is 3. The van der Waals surface area contributed by atoms with Gasteiger partial charge in [-0.25, -0.2) is 0 Å². The van der Waals surface area contributed by atoms with E-state index in [4.69, 9.17) is 4.74 Å². The van der Waals surface area contributed by atoms with Gasteiger partial charge in [0.2, 0.25) is 11.8 Å². The van der Waals surface area contributed by atoms with Gasteiger partial charge in [0.25, 0.3) is 11.7 Å². The molecule has 3 atom stereocenters. The van der Waals surface area contributed by atoms with Crippen molar-refractivity contribution in [3.05, 3.63) is 59.7 Å². The smallest absolute Gasteiger partial charge is 0.497 e. The van der Waals surface area contributed by atoms with E-state index in [0.717, 1.165) is 19.1 Å². The number of ketones is 1. The van der Waals surface area contributed by atoms with E-state index in [1.807, 2.05) is 5.32 Å². The van der Waals surface area contributed by atoms with Gasteiger partial charge in [0.05, 0.1) is 18.7 Å². The molecule has 2 aromatic carbocycles. The Morgan fingerprint density at radius 2 is 1.37 bits per heavy atom. The lowest BCUT2D eigenvalue weighted by molar-refractivity contribution is -0.274. The number of ether oxygens (including phenoxy) is 2. The van der Waals surface area contributed by atoms with Crippen molar-refractivity contribution in [2.75, 3.05) is 7.11 Å². The van der Waals surface area contributed by atoms with Crippen LogP contribution in [-0.2, 0) is 14.4 Å². The van der Waals surface area contributed by atoms with Gasteiger partial charge in [0.1, 0.15) is 23.6 Å². The third kappa shape index (κ3) is 9.39. The minimum atomic E-state index is -5.24. The Kier molecular flexibility index (Phi) is 10.7. The Morgan fingerprint density at radius 1 is 0.780 bits per heavy atom. The SMILES string of the molecule is COc1ccc(C(NC(=O)[C@H](C)NC(=O)c2ccccc2OC(F)(F)F)C(=O)N[C@H](C(=O)C(F)(F)F)C(C)C)cc1. The maximum atomic E-state index is 13.1. The summed E-state index contributed by atoms with van der Waals surface area (Å²) in [6.45, 7) is 3.73. The predicted molar refractivity (Wildman–Crippen MR) is 132 cm³/mol. The van der Waals surface area contributed by atoms with Crippen LogP contribution in [-0.4, -0.2) is 55.2 Å². The number of rotatable bonds is 11. The summed E-state index contributed by atoms with van der Waals surface area (Å²) in [5.41, 5.74) is -0.458. The molecular formula is C26H27F6N3O6. The van der Waals surface area contributed by atoms with Gasteiger partial charge < -0.3 is 25.4 Å². The van der Waals surface area contributed by atoms with Crippen molar-refractivity contribution in [2.45, 2.75) is 51.4 Å². The summed E-state index contributed by atoms with van der Waals surface area (Å²) in [5, 5.41) is 6.50. The van der Waals surface area contributed by atoms with E-state index in [1.165, 1.54) is 57.4 Å². The first-order valence-corrected chi connectivity index (χ1v) is 12.0. The Bertz CT molecular complexity index is 1250. The van der Waals surface area contributed by atoms with Crippen LogP contribution < -0.4 is 25.4 Å². The molecule has 3 N–H and O–H groups in total. The second kappa shape index (κ2) is 13.4. The summed E-state index contributed by atoms with van der Waals surface area (Å²) in [7, 11) is 1.36. The fraction of sp³-hybridized carbons (Fsp3) is 0.385. The average Bonchev–Trinajstić information content (AvgIpc) is 2.88. The van der Waals surface area contributed by atoms with Crippen molar-refractivity contribution >= 4 is 23.5 Å². The van der Waals surface area contributed by atoms with Crippen molar-refractivity contribution in [1.82, 2.24) is 16.0 Å².